The number of likely N-dealkylation sites (tertiary alicyclic amines) is 1. The number of rotatable bonds is 8. The molecule has 3 aromatic carbocycles. The molecule has 0 spiro atoms. The van der Waals surface area contributed by atoms with Gasteiger partial charge in [-0.2, -0.15) is 0 Å². The molecule has 0 aliphatic carbocycles. The number of nitrogens with one attached hydrogen (secondary N) is 1. The van der Waals surface area contributed by atoms with E-state index in [0.717, 1.165) is 36.8 Å². The Bertz CT molecular complexity index is 1460. The minimum absolute atomic E-state index is 0.0229. The average Bonchev–Trinajstić information content (AvgIpc) is 2.96. The van der Waals surface area contributed by atoms with Crippen molar-refractivity contribution in [2.75, 3.05) is 19.6 Å². The Hall–Kier alpha value is -4.26. The molecule has 200 valence electrons. The smallest absolute Gasteiger partial charge is 0.407 e. The van der Waals surface area contributed by atoms with Crippen molar-refractivity contribution in [3.63, 3.8) is 0 Å². The summed E-state index contributed by atoms with van der Waals surface area (Å²) in [6, 6.07) is 24.3. The number of piperidine rings is 1. The van der Waals surface area contributed by atoms with Crippen LogP contribution in [0.2, 0.25) is 0 Å². The SMILES string of the molecule is O=C(NCCCc1ccccc1)c1c(C[C@@H]2CCCN(C(=O)O)C2)c(-c2ccccc2)nc2c(F)cccc12. The summed E-state index contributed by atoms with van der Waals surface area (Å²) >= 11 is 0. The van der Waals surface area contributed by atoms with Crippen LogP contribution in [0, 0.1) is 11.7 Å². The normalized spacial score (nSPS) is 15.3. The van der Waals surface area contributed by atoms with Gasteiger partial charge in [0.1, 0.15) is 11.3 Å². The highest BCUT2D eigenvalue weighted by molar-refractivity contribution is 6.09. The Kier molecular flexibility index (Phi) is 8.16. The predicted octanol–water partition coefficient (Wildman–Crippen LogP) is 6.34. The molecule has 2 heterocycles. The molecule has 39 heavy (non-hydrogen) atoms. The van der Waals surface area contributed by atoms with Crippen LogP contribution in [0.25, 0.3) is 22.2 Å². The molecule has 7 heteroatoms. The van der Waals surface area contributed by atoms with Crippen LogP contribution in [0.15, 0.2) is 78.9 Å². The minimum atomic E-state index is -0.932. The third-order valence-electron chi connectivity index (χ3n) is 7.39. The number of aromatic nitrogens is 1. The average molecular weight is 526 g/mol. The number of benzene rings is 3. The number of amides is 2. The number of hydrogen-bond acceptors (Lipinski definition) is 3. The van der Waals surface area contributed by atoms with Crippen molar-refractivity contribution in [3.8, 4) is 11.3 Å². The molecule has 0 unspecified atom stereocenters. The fourth-order valence-electron chi connectivity index (χ4n) is 5.51. The number of fused-ring (bicyclic) bond motifs is 1. The van der Waals surface area contributed by atoms with E-state index >= 15 is 4.39 Å². The number of pyridine rings is 1. The second-order valence-electron chi connectivity index (χ2n) is 10.1. The van der Waals surface area contributed by atoms with Crippen LogP contribution in [-0.4, -0.2) is 46.6 Å². The van der Waals surface area contributed by atoms with Gasteiger partial charge in [-0.25, -0.2) is 14.2 Å². The molecular formula is C32H32FN3O3. The standard InChI is InChI=1S/C32H32FN3O3/c33-27-17-7-16-25-28(31(37)34-18-8-12-22-10-3-1-4-11-22)26(20-23-13-9-19-36(21-23)32(38)39)29(35-30(25)27)24-14-5-2-6-15-24/h1-7,10-11,14-17,23H,8-9,12-13,18-21H2,(H,34,37)(H,38,39)/t23-/m0/s1. The van der Waals surface area contributed by atoms with E-state index in [0.29, 0.717) is 42.7 Å². The van der Waals surface area contributed by atoms with E-state index < -0.39 is 11.9 Å². The van der Waals surface area contributed by atoms with Crippen LogP contribution in [-0.2, 0) is 12.8 Å². The summed E-state index contributed by atoms with van der Waals surface area (Å²) in [5.41, 5.74) is 3.88. The molecular weight excluding hydrogens is 493 g/mol. The zero-order valence-electron chi connectivity index (χ0n) is 21.8. The summed E-state index contributed by atoms with van der Waals surface area (Å²) in [4.78, 5) is 31.7. The lowest BCUT2D eigenvalue weighted by Crippen LogP contribution is -2.40. The number of carbonyl (C=O) groups excluding carboxylic acids is 1. The highest BCUT2D eigenvalue weighted by atomic mass is 19.1. The van der Waals surface area contributed by atoms with Gasteiger partial charge < -0.3 is 15.3 Å². The maximum Gasteiger partial charge on any atom is 0.407 e. The van der Waals surface area contributed by atoms with Crippen LogP contribution in [0.1, 0.15) is 40.7 Å². The Labute approximate surface area is 227 Å². The molecule has 4 aromatic rings. The summed E-state index contributed by atoms with van der Waals surface area (Å²) in [7, 11) is 0. The van der Waals surface area contributed by atoms with Gasteiger partial charge in [0.25, 0.3) is 5.91 Å². The van der Waals surface area contributed by atoms with Crippen LogP contribution < -0.4 is 5.32 Å². The molecule has 0 saturated carbocycles. The van der Waals surface area contributed by atoms with Crippen molar-refractivity contribution in [1.29, 1.82) is 0 Å². The second kappa shape index (κ2) is 12.1. The van der Waals surface area contributed by atoms with Gasteiger partial charge in [0, 0.05) is 30.6 Å². The molecule has 2 amide bonds. The van der Waals surface area contributed by atoms with E-state index in [1.54, 1.807) is 12.1 Å². The Morgan fingerprint density at radius 3 is 2.49 bits per heavy atom. The Balaban J connectivity index is 1.53. The first-order chi connectivity index (χ1) is 19.0. The van der Waals surface area contributed by atoms with Gasteiger partial charge in [0.05, 0.1) is 11.3 Å². The largest absolute Gasteiger partial charge is 0.465 e. The molecule has 1 aromatic heterocycles. The lowest BCUT2D eigenvalue weighted by atomic mass is 9.86. The van der Waals surface area contributed by atoms with Crippen LogP contribution in [0.5, 0.6) is 0 Å². The van der Waals surface area contributed by atoms with Crippen molar-refractivity contribution in [2.24, 2.45) is 5.92 Å². The van der Waals surface area contributed by atoms with Gasteiger partial charge in [0.15, 0.2) is 0 Å². The zero-order valence-corrected chi connectivity index (χ0v) is 21.8. The van der Waals surface area contributed by atoms with Crippen molar-refractivity contribution < 1.29 is 19.1 Å². The van der Waals surface area contributed by atoms with Crippen molar-refractivity contribution >= 4 is 22.9 Å². The van der Waals surface area contributed by atoms with E-state index in [2.05, 4.69) is 17.4 Å². The number of nitrogens with zero attached hydrogens (tertiary/aromatic N) is 2. The molecule has 1 aliphatic rings. The van der Waals surface area contributed by atoms with E-state index in [1.165, 1.54) is 16.5 Å². The van der Waals surface area contributed by atoms with Gasteiger partial charge in [-0.15, -0.1) is 0 Å². The van der Waals surface area contributed by atoms with E-state index in [-0.39, 0.29) is 17.3 Å². The summed E-state index contributed by atoms with van der Waals surface area (Å²) in [6.07, 6.45) is 2.75. The summed E-state index contributed by atoms with van der Waals surface area (Å²) in [6.45, 7) is 1.37. The second-order valence-corrected chi connectivity index (χ2v) is 10.1. The maximum absolute atomic E-state index is 15.1. The number of para-hydroxylation sites is 1. The van der Waals surface area contributed by atoms with Crippen LogP contribution >= 0.6 is 0 Å². The predicted molar refractivity (Wildman–Crippen MR) is 150 cm³/mol. The fourth-order valence-corrected chi connectivity index (χ4v) is 5.51. The molecule has 1 aliphatic heterocycles. The monoisotopic (exact) mass is 525 g/mol. The van der Waals surface area contributed by atoms with Crippen molar-refractivity contribution in [3.05, 3.63) is 101 Å². The van der Waals surface area contributed by atoms with Crippen molar-refractivity contribution in [1.82, 2.24) is 15.2 Å². The molecule has 0 radical (unpaired) electrons. The maximum atomic E-state index is 15.1. The molecule has 5 rings (SSSR count). The highest BCUT2D eigenvalue weighted by Gasteiger charge is 2.28. The third kappa shape index (κ3) is 6.08. The summed E-state index contributed by atoms with van der Waals surface area (Å²) in [5, 5.41) is 13.1. The highest BCUT2D eigenvalue weighted by Crippen LogP contribution is 2.34. The van der Waals surface area contributed by atoms with Crippen LogP contribution in [0.3, 0.4) is 0 Å². The van der Waals surface area contributed by atoms with Gasteiger partial charge >= 0.3 is 6.09 Å². The van der Waals surface area contributed by atoms with E-state index in [4.69, 9.17) is 4.98 Å². The summed E-state index contributed by atoms with van der Waals surface area (Å²) < 4.78 is 15.1. The number of aryl methyl sites for hydroxylation is 1. The van der Waals surface area contributed by atoms with Gasteiger partial charge in [-0.3, -0.25) is 4.79 Å². The van der Waals surface area contributed by atoms with Gasteiger partial charge in [0.2, 0.25) is 0 Å². The topological polar surface area (TPSA) is 82.5 Å². The molecule has 2 N–H and O–H groups in total. The molecule has 1 fully saturated rings. The lowest BCUT2D eigenvalue weighted by Gasteiger charge is -2.31. The molecule has 6 nitrogen and oxygen atoms in total. The molecule has 1 atom stereocenters. The number of halogens is 1. The quantitative estimate of drug-likeness (QED) is 0.263. The van der Waals surface area contributed by atoms with Gasteiger partial charge in [-0.1, -0.05) is 72.8 Å². The van der Waals surface area contributed by atoms with Crippen LogP contribution in [0.4, 0.5) is 9.18 Å². The number of hydrogen-bond donors (Lipinski definition) is 2. The van der Waals surface area contributed by atoms with E-state index in [9.17, 15) is 14.7 Å². The lowest BCUT2D eigenvalue weighted by molar-refractivity contribution is 0.0951. The van der Waals surface area contributed by atoms with E-state index in [1.807, 2.05) is 48.5 Å². The first kappa shape index (κ1) is 26.4. The first-order valence-electron chi connectivity index (χ1n) is 13.5. The zero-order chi connectivity index (χ0) is 27.2. The van der Waals surface area contributed by atoms with Crippen molar-refractivity contribution in [2.45, 2.75) is 32.1 Å². The summed E-state index contributed by atoms with van der Waals surface area (Å²) in [5.74, 6) is -0.724. The molecule has 1 saturated heterocycles. The number of carboxylic acid groups (broad SMARTS) is 1. The van der Waals surface area contributed by atoms with Gasteiger partial charge in [-0.05, 0) is 55.2 Å². The number of carbonyl (C=O) groups is 2. The molecule has 0 bridgehead atoms. The third-order valence-corrected chi connectivity index (χ3v) is 7.39. The Morgan fingerprint density at radius 1 is 1.00 bits per heavy atom. The minimum Gasteiger partial charge on any atom is -0.465 e. The Morgan fingerprint density at radius 2 is 1.74 bits per heavy atom. The first-order valence-corrected chi connectivity index (χ1v) is 13.5. The fraction of sp³-hybridized carbons (Fsp3) is 0.281.